The number of pyridine rings is 1. The maximum atomic E-state index is 13.9. The van der Waals surface area contributed by atoms with Gasteiger partial charge in [0.1, 0.15) is 11.8 Å². The van der Waals surface area contributed by atoms with E-state index in [4.69, 9.17) is 4.74 Å². The quantitative estimate of drug-likeness (QED) is 0.316. The molecule has 10 nitrogen and oxygen atoms in total. The smallest absolute Gasteiger partial charge is 0.243 e. The summed E-state index contributed by atoms with van der Waals surface area (Å²) in [5.74, 6) is 1.10. The van der Waals surface area contributed by atoms with E-state index in [1.54, 1.807) is 24.2 Å². The van der Waals surface area contributed by atoms with Gasteiger partial charge in [-0.05, 0) is 60.6 Å². The molecule has 0 spiro atoms. The maximum Gasteiger partial charge on any atom is 0.243 e. The van der Waals surface area contributed by atoms with E-state index >= 15 is 0 Å². The average molecular weight is 542 g/mol. The molecule has 4 atom stereocenters. The van der Waals surface area contributed by atoms with Crippen molar-refractivity contribution in [2.24, 2.45) is 13.0 Å². The first-order valence-electron chi connectivity index (χ1n) is 13.8. The summed E-state index contributed by atoms with van der Waals surface area (Å²) in [7, 11) is 3.55. The van der Waals surface area contributed by atoms with E-state index in [0.717, 1.165) is 40.9 Å². The predicted molar refractivity (Wildman–Crippen MR) is 151 cm³/mol. The molecule has 0 radical (unpaired) electrons. The molecule has 10 heteroatoms. The highest BCUT2D eigenvalue weighted by atomic mass is 16.5. The number of ether oxygens (including phenoxy) is 1. The van der Waals surface area contributed by atoms with Gasteiger partial charge in [-0.1, -0.05) is 12.1 Å². The van der Waals surface area contributed by atoms with Gasteiger partial charge < -0.3 is 25.3 Å². The minimum atomic E-state index is -0.513. The van der Waals surface area contributed by atoms with Crippen LogP contribution in [-0.2, 0) is 29.6 Å². The molecule has 2 fully saturated rings. The van der Waals surface area contributed by atoms with Crippen LogP contribution in [0.1, 0.15) is 35.6 Å². The molecule has 6 rings (SSSR count). The Morgan fingerprint density at radius 1 is 1.15 bits per heavy atom. The fourth-order valence-electron chi connectivity index (χ4n) is 6.11. The molecular formula is C30H35N7O3. The summed E-state index contributed by atoms with van der Waals surface area (Å²) in [6.45, 7) is 1.63. The van der Waals surface area contributed by atoms with Crippen LogP contribution in [0.15, 0.2) is 61.2 Å². The number of hydrogen-bond donors (Lipinski definition) is 3. The highest BCUT2D eigenvalue weighted by Gasteiger charge is 2.43. The molecule has 0 bridgehead atoms. The van der Waals surface area contributed by atoms with Gasteiger partial charge in [0, 0.05) is 61.2 Å². The van der Waals surface area contributed by atoms with Gasteiger partial charge in [-0.2, -0.15) is 5.10 Å². The Hall–Kier alpha value is -4.18. The van der Waals surface area contributed by atoms with E-state index < -0.39 is 6.04 Å². The maximum absolute atomic E-state index is 13.9. The number of carbonyl (C=O) groups is 2. The van der Waals surface area contributed by atoms with Crippen LogP contribution in [0.5, 0.6) is 5.75 Å². The Morgan fingerprint density at radius 3 is 2.75 bits per heavy atom. The molecule has 4 aromatic rings. The molecule has 40 heavy (non-hydrogen) atoms. The Bertz CT molecular complexity index is 1460. The molecule has 2 saturated heterocycles. The second-order valence-electron chi connectivity index (χ2n) is 11.0. The molecule has 2 amide bonds. The number of methoxy groups -OCH3 is 1. The number of fused-ring (bicyclic) bond motifs is 1. The van der Waals surface area contributed by atoms with Crippen LogP contribution in [0.3, 0.4) is 0 Å². The standard InChI is InChI=1S/C30H35N7O3/c1-36-18-23(15-34-36)21-12-27(32-14-21)30(39)37-17-20(9-19-3-5-25(40-2)6-4-19)10-28(37)29(38)33-16-24-11-22-13-31-8-7-26(22)35-24/h3-8,11,13,15,18,20-21,27-28,32,35H,9-10,12,14,16-17H2,1-2H3,(H,33,38)/t20-,21-,27-,28+/m1/s1. The first-order chi connectivity index (χ1) is 19.5. The summed E-state index contributed by atoms with van der Waals surface area (Å²) in [5.41, 5.74) is 4.18. The van der Waals surface area contributed by atoms with Crippen molar-refractivity contribution in [3.8, 4) is 5.75 Å². The summed E-state index contributed by atoms with van der Waals surface area (Å²) >= 11 is 0. The number of rotatable bonds is 8. The SMILES string of the molecule is COc1ccc(C[C@@H]2C[C@@H](C(=O)NCc3cc4cnccc4[nH]3)N(C(=O)[C@H]3C[C@@H](c4cnn(C)c4)CN3)C2)cc1. The van der Waals surface area contributed by atoms with Crippen molar-refractivity contribution in [3.05, 3.63) is 78.0 Å². The van der Waals surface area contributed by atoms with E-state index in [9.17, 15) is 9.59 Å². The molecule has 0 saturated carbocycles. The number of hydrogen-bond acceptors (Lipinski definition) is 6. The molecule has 2 aliphatic rings. The number of likely N-dealkylation sites (tertiary alicyclic amines) is 1. The monoisotopic (exact) mass is 541 g/mol. The average Bonchev–Trinajstić information content (AvgIpc) is 3.77. The first kappa shape index (κ1) is 26.1. The Labute approximate surface area is 233 Å². The van der Waals surface area contributed by atoms with Crippen molar-refractivity contribution >= 4 is 22.7 Å². The fourth-order valence-corrected chi connectivity index (χ4v) is 6.11. The van der Waals surface area contributed by atoms with Crippen LogP contribution < -0.4 is 15.4 Å². The lowest BCUT2D eigenvalue weighted by Crippen LogP contribution is -2.51. The lowest BCUT2D eigenvalue weighted by molar-refractivity contribution is -0.139. The lowest BCUT2D eigenvalue weighted by Gasteiger charge is -2.27. The molecule has 208 valence electrons. The van der Waals surface area contributed by atoms with Crippen molar-refractivity contribution in [2.45, 2.75) is 43.8 Å². The van der Waals surface area contributed by atoms with Crippen molar-refractivity contribution in [3.63, 3.8) is 0 Å². The molecule has 2 aliphatic heterocycles. The summed E-state index contributed by atoms with van der Waals surface area (Å²) in [5, 5.41) is 11.8. The summed E-state index contributed by atoms with van der Waals surface area (Å²) < 4.78 is 7.08. The molecule has 0 unspecified atom stereocenters. The number of aromatic nitrogens is 4. The van der Waals surface area contributed by atoms with Crippen LogP contribution in [-0.4, -0.2) is 68.7 Å². The largest absolute Gasteiger partial charge is 0.497 e. The number of nitrogens with one attached hydrogen (secondary N) is 3. The number of aromatic amines is 1. The normalized spacial score (nSPS) is 22.6. The highest BCUT2D eigenvalue weighted by Crippen LogP contribution is 2.31. The molecule has 0 aliphatic carbocycles. The second-order valence-corrected chi connectivity index (χ2v) is 11.0. The summed E-state index contributed by atoms with van der Waals surface area (Å²) in [6.07, 6.45) is 9.53. The molecule has 3 aromatic heterocycles. The Kier molecular flexibility index (Phi) is 7.25. The highest BCUT2D eigenvalue weighted by molar-refractivity contribution is 5.91. The van der Waals surface area contributed by atoms with Crippen LogP contribution in [0.25, 0.3) is 10.9 Å². The summed E-state index contributed by atoms with van der Waals surface area (Å²) in [4.78, 5) is 36.7. The van der Waals surface area contributed by atoms with Gasteiger partial charge in [0.25, 0.3) is 0 Å². The molecule has 5 heterocycles. The van der Waals surface area contributed by atoms with E-state index in [-0.39, 0.29) is 29.7 Å². The third kappa shape index (κ3) is 5.44. The van der Waals surface area contributed by atoms with Gasteiger partial charge in [-0.25, -0.2) is 0 Å². The fraction of sp³-hybridized carbons (Fsp3) is 0.400. The van der Waals surface area contributed by atoms with E-state index in [2.05, 4.69) is 37.8 Å². The summed E-state index contributed by atoms with van der Waals surface area (Å²) in [6, 6.07) is 11.1. The van der Waals surface area contributed by atoms with Crippen molar-refractivity contribution in [1.82, 2.24) is 35.3 Å². The zero-order valence-electron chi connectivity index (χ0n) is 22.8. The van der Waals surface area contributed by atoms with E-state index in [1.165, 1.54) is 5.56 Å². The number of amides is 2. The predicted octanol–water partition coefficient (Wildman–Crippen LogP) is 2.53. The minimum Gasteiger partial charge on any atom is -0.497 e. The second kappa shape index (κ2) is 11.1. The van der Waals surface area contributed by atoms with Gasteiger partial charge in [-0.15, -0.1) is 0 Å². The zero-order chi connectivity index (χ0) is 27.6. The van der Waals surface area contributed by atoms with Crippen LogP contribution in [0.4, 0.5) is 0 Å². The van der Waals surface area contributed by atoms with Crippen molar-refractivity contribution < 1.29 is 14.3 Å². The van der Waals surface area contributed by atoms with Crippen molar-refractivity contribution in [1.29, 1.82) is 0 Å². The number of nitrogens with zero attached hydrogens (tertiary/aromatic N) is 4. The number of H-pyrrole nitrogens is 1. The Balaban J connectivity index is 1.16. The van der Waals surface area contributed by atoms with Crippen molar-refractivity contribution in [2.75, 3.05) is 20.2 Å². The van der Waals surface area contributed by atoms with Gasteiger partial charge >= 0.3 is 0 Å². The van der Waals surface area contributed by atoms with E-state index in [0.29, 0.717) is 25.9 Å². The van der Waals surface area contributed by atoms with Gasteiger partial charge in [-0.3, -0.25) is 19.3 Å². The molecular weight excluding hydrogens is 506 g/mol. The molecule has 3 N–H and O–H groups in total. The van der Waals surface area contributed by atoms with Gasteiger partial charge in [0.2, 0.25) is 11.8 Å². The third-order valence-corrected chi connectivity index (χ3v) is 8.21. The topological polar surface area (TPSA) is 117 Å². The lowest BCUT2D eigenvalue weighted by atomic mass is 9.96. The van der Waals surface area contributed by atoms with Crippen LogP contribution in [0, 0.1) is 5.92 Å². The van der Waals surface area contributed by atoms with Gasteiger partial charge in [0.15, 0.2) is 0 Å². The third-order valence-electron chi connectivity index (χ3n) is 8.21. The Morgan fingerprint density at radius 2 is 2.00 bits per heavy atom. The minimum absolute atomic E-state index is 0.000424. The first-order valence-corrected chi connectivity index (χ1v) is 13.8. The number of aryl methyl sites for hydroxylation is 1. The van der Waals surface area contributed by atoms with E-state index in [1.807, 2.05) is 48.6 Å². The zero-order valence-corrected chi connectivity index (χ0v) is 22.8. The van der Waals surface area contributed by atoms with Crippen LogP contribution >= 0.6 is 0 Å². The van der Waals surface area contributed by atoms with Gasteiger partial charge in [0.05, 0.1) is 25.9 Å². The van der Waals surface area contributed by atoms with Crippen LogP contribution in [0.2, 0.25) is 0 Å². The molecule has 1 aromatic carbocycles. The number of benzene rings is 1. The number of carbonyl (C=O) groups excluding carboxylic acids is 2.